The van der Waals surface area contributed by atoms with Crippen molar-refractivity contribution in [2.24, 2.45) is 0 Å². The van der Waals surface area contributed by atoms with Crippen molar-refractivity contribution in [1.29, 1.82) is 5.26 Å². The molecule has 0 aliphatic carbocycles. The number of fused-ring (bicyclic) bond motifs is 1. The van der Waals surface area contributed by atoms with Crippen LogP contribution in [0.15, 0.2) is 72.1 Å². The molecule has 2 heterocycles. The van der Waals surface area contributed by atoms with E-state index in [0.29, 0.717) is 11.3 Å². The van der Waals surface area contributed by atoms with Crippen molar-refractivity contribution in [3.05, 3.63) is 78.2 Å². The van der Waals surface area contributed by atoms with Gasteiger partial charge in [0.2, 0.25) is 0 Å². The second kappa shape index (κ2) is 6.75. The van der Waals surface area contributed by atoms with Crippen LogP contribution in [-0.4, -0.2) is 19.7 Å². The Balaban J connectivity index is 1.67. The Morgan fingerprint density at radius 3 is 2.64 bits per heavy atom. The van der Waals surface area contributed by atoms with Gasteiger partial charge in [-0.1, -0.05) is 36.4 Å². The second-order valence-electron chi connectivity index (χ2n) is 5.37. The fraction of sp³-hybridized carbons (Fsp3) is 0.0526. The molecule has 0 aliphatic heterocycles. The van der Waals surface area contributed by atoms with Crippen molar-refractivity contribution >= 4 is 22.8 Å². The number of rotatable bonds is 4. The third-order valence-corrected chi connectivity index (χ3v) is 4.89. The average molecular weight is 343 g/mol. The van der Waals surface area contributed by atoms with Crippen LogP contribution in [0.2, 0.25) is 0 Å². The lowest BCUT2D eigenvalue weighted by Gasteiger charge is -2.05. The molecule has 120 valence electrons. The Bertz CT molecular complexity index is 1070. The maximum Gasteiger partial charge on any atom is 0.167 e. The molecule has 4 rings (SSSR count). The molecule has 2 aromatic heterocycles. The molecule has 0 aliphatic rings. The minimum atomic E-state index is 0.673. The van der Waals surface area contributed by atoms with E-state index in [-0.39, 0.29) is 0 Å². The summed E-state index contributed by atoms with van der Waals surface area (Å²) in [6, 6.07) is 19.7. The molecule has 5 nitrogen and oxygen atoms in total. The summed E-state index contributed by atoms with van der Waals surface area (Å²) in [5.41, 5.74) is 3.43. The van der Waals surface area contributed by atoms with Gasteiger partial charge in [-0.3, -0.25) is 0 Å². The maximum atomic E-state index is 9.22. The lowest BCUT2D eigenvalue weighted by atomic mass is 10.1. The van der Waals surface area contributed by atoms with Crippen LogP contribution in [0.3, 0.4) is 0 Å². The molecule has 6 heteroatoms. The summed E-state index contributed by atoms with van der Waals surface area (Å²) in [6.45, 7) is 0. The number of thioether (sulfide) groups is 1. The van der Waals surface area contributed by atoms with Crippen LogP contribution in [0.1, 0.15) is 11.1 Å². The summed E-state index contributed by atoms with van der Waals surface area (Å²) >= 11 is 1.59. The standard InChI is InChI=1S/C19H13N5S/c20-10-14-6-4-5-7-15(14)12-25-19-17-11-23-24(18(17)21-13-22-19)16-8-2-1-3-9-16/h1-9,11,13H,12H2. The molecule has 0 radical (unpaired) electrons. The first kappa shape index (κ1) is 15.4. The summed E-state index contributed by atoms with van der Waals surface area (Å²) in [5, 5.41) is 15.5. The molecule has 0 atom stereocenters. The second-order valence-corrected chi connectivity index (χ2v) is 6.33. The molecule has 0 saturated carbocycles. The van der Waals surface area contributed by atoms with Crippen LogP contribution in [0.5, 0.6) is 0 Å². The molecule has 4 aromatic rings. The molecule has 0 saturated heterocycles. The number of para-hydroxylation sites is 1. The highest BCUT2D eigenvalue weighted by atomic mass is 32.2. The SMILES string of the molecule is N#Cc1ccccc1CSc1ncnc2c1cnn2-c1ccccc1. The Morgan fingerprint density at radius 1 is 1.00 bits per heavy atom. The molecule has 25 heavy (non-hydrogen) atoms. The van der Waals surface area contributed by atoms with Gasteiger partial charge in [0, 0.05) is 5.75 Å². The first-order valence-corrected chi connectivity index (χ1v) is 8.70. The molecular weight excluding hydrogens is 330 g/mol. The van der Waals surface area contributed by atoms with E-state index in [1.165, 1.54) is 0 Å². The van der Waals surface area contributed by atoms with Crippen molar-refractivity contribution in [3.63, 3.8) is 0 Å². The Labute approximate surface area is 149 Å². The smallest absolute Gasteiger partial charge is 0.167 e. The van der Waals surface area contributed by atoms with Gasteiger partial charge in [-0.25, -0.2) is 14.6 Å². The molecule has 2 aromatic carbocycles. The van der Waals surface area contributed by atoms with Crippen molar-refractivity contribution in [1.82, 2.24) is 19.7 Å². The minimum Gasteiger partial charge on any atom is -0.229 e. The Morgan fingerprint density at radius 2 is 1.80 bits per heavy atom. The van der Waals surface area contributed by atoms with E-state index in [4.69, 9.17) is 0 Å². The van der Waals surface area contributed by atoms with Gasteiger partial charge in [0.05, 0.1) is 28.9 Å². The number of hydrogen-bond donors (Lipinski definition) is 0. The highest BCUT2D eigenvalue weighted by Crippen LogP contribution is 2.29. The first-order chi connectivity index (χ1) is 12.4. The van der Waals surface area contributed by atoms with E-state index in [0.717, 1.165) is 27.3 Å². The number of aromatic nitrogens is 4. The molecular formula is C19H13N5S. The first-order valence-electron chi connectivity index (χ1n) is 7.72. The van der Waals surface area contributed by atoms with Crippen molar-refractivity contribution in [3.8, 4) is 11.8 Å². The van der Waals surface area contributed by atoms with Crippen LogP contribution in [0.25, 0.3) is 16.7 Å². The summed E-state index contributed by atoms with van der Waals surface area (Å²) < 4.78 is 1.81. The minimum absolute atomic E-state index is 0.673. The van der Waals surface area contributed by atoms with E-state index in [1.807, 2.05) is 59.3 Å². The number of hydrogen-bond acceptors (Lipinski definition) is 5. The highest BCUT2D eigenvalue weighted by molar-refractivity contribution is 7.98. The van der Waals surface area contributed by atoms with Crippen molar-refractivity contribution in [2.45, 2.75) is 10.8 Å². The van der Waals surface area contributed by atoms with Crippen LogP contribution in [-0.2, 0) is 5.75 Å². The van der Waals surface area contributed by atoms with Gasteiger partial charge in [0.25, 0.3) is 0 Å². The quantitative estimate of drug-likeness (QED) is 0.414. The topological polar surface area (TPSA) is 67.4 Å². The molecule has 0 N–H and O–H groups in total. The van der Waals surface area contributed by atoms with Crippen LogP contribution in [0, 0.1) is 11.3 Å². The summed E-state index contributed by atoms with van der Waals surface area (Å²) in [6.07, 6.45) is 3.35. The monoisotopic (exact) mass is 343 g/mol. The predicted octanol–water partition coefficient (Wildman–Crippen LogP) is 3.98. The highest BCUT2D eigenvalue weighted by Gasteiger charge is 2.12. The van der Waals surface area contributed by atoms with Gasteiger partial charge in [0.1, 0.15) is 11.4 Å². The lowest BCUT2D eigenvalue weighted by Crippen LogP contribution is -1.97. The van der Waals surface area contributed by atoms with Gasteiger partial charge in [-0.15, -0.1) is 11.8 Å². The molecule has 0 fully saturated rings. The summed E-state index contributed by atoms with van der Waals surface area (Å²) in [4.78, 5) is 8.79. The third-order valence-electron chi connectivity index (χ3n) is 3.83. The van der Waals surface area contributed by atoms with E-state index in [9.17, 15) is 5.26 Å². The van der Waals surface area contributed by atoms with E-state index in [1.54, 1.807) is 24.3 Å². The fourth-order valence-corrected chi connectivity index (χ4v) is 3.56. The zero-order valence-corrected chi connectivity index (χ0v) is 14.0. The Kier molecular flexibility index (Phi) is 4.15. The zero-order valence-electron chi connectivity index (χ0n) is 13.2. The molecule has 0 amide bonds. The van der Waals surface area contributed by atoms with Crippen molar-refractivity contribution in [2.75, 3.05) is 0 Å². The molecule has 0 unspecified atom stereocenters. The van der Waals surface area contributed by atoms with Gasteiger partial charge in [0.15, 0.2) is 5.65 Å². The van der Waals surface area contributed by atoms with E-state index < -0.39 is 0 Å². The van der Waals surface area contributed by atoms with Gasteiger partial charge in [-0.2, -0.15) is 10.4 Å². The predicted molar refractivity (Wildman–Crippen MR) is 97.4 cm³/mol. The maximum absolute atomic E-state index is 9.22. The van der Waals surface area contributed by atoms with E-state index in [2.05, 4.69) is 21.1 Å². The third kappa shape index (κ3) is 2.97. The van der Waals surface area contributed by atoms with Crippen LogP contribution in [0.4, 0.5) is 0 Å². The van der Waals surface area contributed by atoms with Gasteiger partial charge in [-0.05, 0) is 23.8 Å². The van der Waals surface area contributed by atoms with E-state index >= 15 is 0 Å². The fourth-order valence-electron chi connectivity index (χ4n) is 2.60. The van der Waals surface area contributed by atoms with Crippen molar-refractivity contribution < 1.29 is 0 Å². The Hall–Kier alpha value is -3.17. The number of nitrogens with zero attached hydrogens (tertiary/aromatic N) is 5. The number of benzene rings is 2. The average Bonchev–Trinajstić information content (AvgIpc) is 3.12. The normalized spacial score (nSPS) is 10.7. The summed E-state index contributed by atoms with van der Waals surface area (Å²) in [5.74, 6) is 0.673. The zero-order chi connectivity index (χ0) is 17.1. The van der Waals surface area contributed by atoms with Gasteiger partial charge >= 0.3 is 0 Å². The van der Waals surface area contributed by atoms with Gasteiger partial charge < -0.3 is 0 Å². The molecule has 0 spiro atoms. The van der Waals surface area contributed by atoms with Crippen LogP contribution >= 0.6 is 11.8 Å². The summed E-state index contributed by atoms with van der Waals surface area (Å²) in [7, 11) is 0. The van der Waals surface area contributed by atoms with Crippen LogP contribution < -0.4 is 0 Å². The number of nitriles is 1. The molecule has 0 bridgehead atoms. The largest absolute Gasteiger partial charge is 0.229 e. The lowest BCUT2D eigenvalue weighted by molar-refractivity contribution is 0.893.